The number of aromatic nitrogens is 1. The third-order valence-corrected chi connectivity index (χ3v) is 10.3. The number of anilines is 3. The average Bonchev–Trinajstić information content (AvgIpc) is 3.75. The Morgan fingerprint density at radius 3 is 1.79 bits per heavy atom. The molecule has 246 valence electrons. The van der Waals surface area contributed by atoms with Gasteiger partial charge in [-0.3, -0.25) is 0 Å². The summed E-state index contributed by atoms with van der Waals surface area (Å²) in [5.41, 5.74) is 14.3. The summed E-state index contributed by atoms with van der Waals surface area (Å²) in [4.78, 5) is 2.36. The Balaban J connectivity index is 1.21. The van der Waals surface area contributed by atoms with E-state index in [0.29, 0.717) is 0 Å². The quantitative estimate of drug-likeness (QED) is 0.176. The van der Waals surface area contributed by atoms with Gasteiger partial charge in [-0.25, -0.2) is 0 Å². The smallest absolute Gasteiger partial charge is 0.143 e. The van der Waals surface area contributed by atoms with Gasteiger partial charge < -0.3 is 13.9 Å². The number of hydrogen-bond donors (Lipinski definition) is 0. The normalized spacial score (nSPS) is 11.6. The molecule has 0 bridgehead atoms. The molecule has 0 atom stereocenters. The van der Waals surface area contributed by atoms with Crippen molar-refractivity contribution in [3.8, 4) is 27.9 Å². The zero-order chi connectivity index (χ0) is 34.6. The van der Waals surface area contributed by atoms with Crippen molar-refractivity contribution in [2.45, 2.75) is 6.92 Å². The largest absolute Gasteiger partial charge is 0.455 e. The van der Waals surface area contributed by atoms with Crippen LogP contribution in [-0.4, -0.2) is 4.57 Å². The molecule has 0 aliphatic heterocycles. The molecule has 0 N–H and O–H groups in total. The molecular weight excluding hydrogens is 633 g/mol. The van der Waals surface area contributed by atoms with Crippen LogP contribution in [0.25, 0.3) is 71.7 Å². The lowest BCUT2D eigenvalue weighted by Crippen LogP contribution is -2.10. The number of rotatable bonds is 6. The molecule has 10 aromatic rings. The topological polar surface area (TPSA) is 21.3 Å². The van der Waals surface area contributed by atoms with E-state index in [4.69, 9.17) is 4.42 Å². The molecule has 52 heavy (non-hydrogen) atoms. The van der Waals surface area contributed by atoms with Crippen molar-refractivity contribution in [2.24, 2.45) is 0 Å². The first-order chi connectivity index (χ1) is 25.7. The molecule has 0 amide bonds. The Hall–Kier alpha value is -6.84. The Labute approximate surface area is 302 Å². The van der Waals surface area contributed by atoms with E-state index in [1.54, 1.807) is 0 Å². The maximum atomic E-state index is 6.71. The molecule has 3 heteroatoms. The molecule has 0 aliphatic carbocycles. The highest BCUT2D eigenvalue weighted by molar-refractivity contribution is 6.12. The van der Waals surface area contributed by atoms with Gasteiger partial charge in [-0.05, 0) is 95.9 Å². The highest BCUT2D eigenvalue weighted by atomic mass is 16.3. The second kappa shape index (κ2) is 12.2. The fraction of sp³-hybridized carbons (Fsp3) is 0.0204. The van der Waals surface area contributed by atoms with Gasteiger partial charge in [0.1, 0.15) is 11.2 Å². The molecular formula is C49H34N2O. The van der Waals surface area contributed by atoms with Crippen molar-refractivity contribution >= 4 is 60.8 Å². The van der Waals surface area contributed by atoms with Crippen LogP contribution >= 0.6 is 0 Å². The van der Waals surface area contributed by atoms with Crippen LogP contribution in [0.15, 0.2) is 192 Å². The van der Waals surface area contributed by atoms with E-state index in [2.05, 4.69) is 198 Å². The van der Waals surface area contributed by atoms with Gasteiger partial charge in [-0.15, -0.1) is 0 Å². The van der Waals surface area contributed by atoms with Crippen LogP contribution in [0.4, 0.5) is 17.1 Å². The predicted octanol–water partition coefficient (Wildman–Crippen LogP) is 13.8. The van der Waals surface area contributed by atoms with Gasteiger partial charge in [-0.1, -0.05) is 121 Å². The molecule has 8 aromatic carbocycles. The summed E-state index contributed by atoms with van der Waals surface area (Å²) in [7, 11) is 0. The Morgan fingerprint density at radius 2 is 1.06 bits per heavy atom. The van der Waals surface area contributed by atoms with Crippen molar-refractivity contribution in [1.29, 1.82) is 0 Å². The summed E-state index contributed by atoms with van der Waals surface area (Å²) in [5.74, 6) is 0. The summed E-state index contributed by atoms with van der Waals surface area (Å²) >= 11 is 0. The van der Waals surface area contributed by atoms with E-state index in [1.165, 1.54) is 38.5 Å². The standard InChI is InChI=1S/C49H34N2O/c1-33-29-38(27-28-40(33)34-15-4-2-5-16-34)50(36-18-6-3-7-19-36)39-31-44(49-45(32-39)43-23-10-13-26-48(43)52-49)35-17-14-20-37(30-35)51-46-24-11-8-21-41(46)42-22-9-12-25-47(42)51/h2-32H,1H3. The van der Waals surface area contributed by atoms with E-state index < -0.39 is 0 Å². The van der Waals surface area contributed by atoms with Crippen molar-refractivity contribution < 1.29 is 4.42 Å². The SMILES string of the molecule is Cc1cc(N(c2ccccc2)c2cc(-c3cccc(-n4c5ccccc5c5ccccc54)c3)c3oc4ccccc4c3c2)ccc1-c1ccccc1. The Morgan fingerprint density at radius 1 is 0.423 bits per heavy atom. The monoisotopic (exact) mass is 666 g/mol. The molecule has 0 saturated heterocycles. The number of furan rings is 1. The van der Waals surface area contributed by atoms with Crippen molar-refractivity contribution in [3.63, 3.8) is 0 Å². The molecule has 2 aromatic heterocycles. The number of benzene rings is 8. The van der Waals surface area contributed by atoms with Crippen LogP contribution in [0.1, 0.15) is 5.56 Å². The van der Waals surface area contributed by atoms with Crippen LogP contribution in [0, 0.1) is 6.92 Å². The van der Waals surface area contributed by atoms with E-state index in [0.717, 1.165) is 55.8 Å². The van der Waals surface area contributed by atoms with E-state index in [9.17, 15) is 0 Å². The van der Waals surface area contributed by atoms with Gasteiger partial charge in [0.05, 0.1) is 11.0 Å². The van der Waals surface area contributed by atoms with Crippen molar-refractivity contribution in [2.75, 3.05) is 4.90 Å². The second-order valence-corrected chi connectivity index (χ2v) is 13.4. The first-order valence-electron chi connectivity index (χ1n) is 17.8. The highest BCUT2D eigenvalue weighted by Gasteiger charge is 2.21. The number of para-hydroxylation sites is 4. The molecule has 0 saturated carbocycles. The van der Waals surface area contributed by atoms with Crippen LogP contribution in [0.2, 0.25) is 0 Å². The summed E-state index contributed by atoms with van der Waals surface area (Å²) in [5, 5.41) is 4.68. The molecule has 2 heterocycles. The summed E-state index contributed by atoms with van der Waals surface area (Å²) < 4.78 is 9.09. The van der Waals surface area contributed by atoms with Crippen molar-refractivity contribution in [3.05, 3.63) is 194 Å². The lowest BCUT2D eigenvalue weighted by atomic mass is 9.98. The lowest BCUT2D eigenvalue weighted by Gasteiger charge is -2.27. The Kier molecular flexibility index (Phi) is 7.04. The lowest BCUT2D eigenvalue weighted by molar-refractivity contribution is 0.670. The summed E-state index contributed by atoms with van der Waals surface area (Å²) in [6.45, 7) is 2.20. The first kappa shape index (κ1) is 30.0. The third kappa shape index (κ3) is 4.90. The van der Waals surface area contributed by atoms with Crippen LogP contribution < -0.4 is 4.90 Å². The van der Waals surface area contributed by atoms with Crippen molar-refractivity contribution in [1.82, 2.24) is 4.57 Å². The van der Waals surface area contributed by atoms with Gasteiger partial charge in [-0.2, -0.15) is 0 Å². The summed E-state index contributed by atoms with van der Waals surface area (Å²) in [6, 6.07) is 67.2. The second-order valence-electron chi connectivity index (χ2n) is 13.4. The maximum Gasteiger partial charge on any atom is 0.143 e. The fourth-order valence-corrected chi connectivity index (χ4v) is 7.92. The zero-order valence-corrected chi connectivity index (χ0v) is 28.7. The van der Waals surface area contributed by atoms with E-state index in [1.807, 2.05) is 6.07 Å². The van der Waals surface area contributed by atoms with Crippen LogP contribution in [-0.2, 0) is 0 Å². The van der Waals surface area contributed by atoms with E-state index >= 15 is 0 Å². The summed E-state index contributed by atoms with van der Waals surface area (Å²) in [6.07, 6.45) is 0. The van der Waals surface area contributed by atoms with Crippen LogP contribution in [0.5, 0.6) is 0 Å². The minimum Gasteiger partial charge on any atom is -0.455 e. The van der Waals surface area contributed by atoms with Crippen LogP contribution in [0.3, 0.4) is 0 Å². The molecule has 0 spiro atoms. The van der Waals surface area contributed by atoms with Gasteiger partial charge in [0, 0.05) is 49.9 Å². The first-order valence-corrected chi connectivity index (χ1v) is 17.8. The predicted molar refractivity (Wildman–Crippen MR) is 218 cm³/mol. The minimum atomic E-state index is 0.878. The number of nitrogens with zero attached hydrogens (tertiary/aromatic N) is 2. The molecule has 0 fully saturated rings. The molecule has 0 aliphatic rings. The molecule has 0 unspecified atom stereocenters. The average molecular weight is 667 g/mol. The highest BCUT2D eigenvalue weighted by Crippen LogP contribution is 2.44. The minimum absolute atomic E-state index is 0.878. The zero-order valence-electron chi connectivity index (χ0n) is 28.7. The molecule has 3 nitrogen and oxygen atoms in total. The third-order valence-electron chi connectivity index (χ3n) is 10.3. The van der Waals surface area contributed by atoms with E-state index in [-0.39, 0.29) is 0 Å². The molecule has 10 rings (SSSR count). The number of fused-ring (bicyclic) bond motifs is 6. The maximum absolute atomic E-state index is 6.71. The van der Waals surface area contributed by atoms with Gasteiger partial charge in [0.2, 0.25) is 0 Å². The van der Waals surface area contributed by atoms with Gasteiger partial charge >= 0.3 is 0 Å². The number of aryl methyl sites for hydroxylation is 1. The van der Waals surface area contributed by atoms with Gasteiger partial charge in [0.25, 0.3) is 0 Å². The van der Waals surface area contributed by atoms with Gasteiger partial charge in [0.15, 0.2) is 0 Å². The molecule has 0 radical (unpaired) electrons. The number of hydrogen-bond acceptors (Lipinski definition) is 2. The Bertz CT molecular complexity index is 2860. The fourth-order valence-electron chi connectivity index (χ4n) is 7.92.